The predicted molar refractivity (Wildman–Crippen MR) is 98.8 cm³/mol. The zero-order chi connectivity index (χ0) is 18.0. The van der Waals surface area contributed by atoms with Gasteiger partial charge in [-0.15, -0.1) is 0 Å². The fourth-order valence-corrected chi connectivity index (χ4v) is 3.57. The zero-order valence-corrected chi connectivity index (χ0v) is 15.5. The maximum Gasteiger partial charge on any atom is 0.305 e. The third-order valence-electron chi connectivity index (χ3n) is 4.96. The summed E-state index contributed by atoms with van der Waals surface area (Å²) in [4.78, 5) is 11.3. The SMILES string of the molecule is COC(=O)CCc1ccc(OC2c3cc(C)ccc3CC2(C)C)cc1. The summed E-state index contributed by atoms with van der Waals surface area (Å²) in [6, 6.07) is 14.7. The van der Waals surface area contributed by atoms with Gasteiger partial charge in [-0.1, -0.05) is 49.7 Å². The molecule has 0 bridgehead atoms. The number of hydrogen-bond acceptors (Lipinski definition) is 3. The Labute approximate surface area is 150 Å². The van der Waals surface area contributed by atoms with E-state index in [-0.39, 0.29) is 17.5 Å². The van der Waals surface area contributed by atoms with Gasteiger partial charge in [0.15, 0.2) is 0 Å². The van der Waals surface area contributed by atoms with Crippen molar-refractivity contribution in [2.75, 3.05) is 7.11 Å². The second-order valence-electron chi connectivity index (χ2n) is 7.59. The van der Waals surface area contributed by atoms with Crippen LogP contribution in [-0.2, 0) is 22.4 Å². The van der Waals surface area contributed by atoms with E-state index in [2.05, 4.69) is 43.7 Å². The summed E-state index contributed by atoms with van der Waals surface area (Å²) in [6.07, 6.45) is 2.18. The van der Waals surface area contributed by atoms with E-state index in [4.69, 9.17) is 4.74 Å². The molecule has 0 heterocycles. The molecule has 132 valence electrons. The van der Waals surface area contributed by atoms with Gasteiger partial charge in [0, 0.05) is 11.8 Å². The van der Waals surface area contributed by atoms with Crippen LogP contribution in [0.3, 0.4) is 0 Å². The minimum atomic E-state index is -0.181. The molecule has 1 aliphatic carbocycles. The molecule has 0 saturated carbocycles. The van der Waals surface area contributed by atoms with E-state index < -0.39 is 0 Å². The van der Waals surface area contributed by atoms with Crippen molar-refractivity contribution in [3.05, 3.63) is 64.7 Å². The van der Waals surface area contributed by atoms with Crippen molar-refractivity contribution in [1.29, 1.82) is 0 Å². The molecule has 0 N–H and O–H groups in total. The van der Waals surface area contributed by atoms with Gasteiger partial charge in [-0.2, -0.15) is 0 Å². The molecule has 1 unspecified atom stereocenters. The lowest BCUT2D eigenvalue weighted by atomic mass is 9.87. The largest absolute Gasteiger partial charge is 0.485 e. The molecule has 25 heavy (non-hydrogen) atoms. The van der Waals surface area contributed by atoms with Gasteiger partial charge >= 0.3 is 5.97 Å². The monoisotopic (exact) mass is 338 g/mol. The summed E-state index contributed by atoms with van der Waals surface area (Å²) in [5, 5.41) is 0. The van der Waals surface area contributed by atoms with Crippen molar-refractivity contribution in [3.63, 3.8) is 0 Å². The van der Waals surface area contributed by atoms with Crippen molar-refractivity contribution in [3.8, 4) is 5.75 Å². The normalized spacial score (nSPS) is 17.8. The first-order valence-corrected chi connectivity index (χ1v) is 8.81. The fourth-order valence-electron chi connectivity index (χ4n) is 3.57. The Morgan fingerprint density at radius 3 is 2.56 bits per heavy atom. The molecule has 3 rings (SSSR count). The van der Waals surface area contributed by atoms with Crippen LogP contribution in [0.4, 0.5) is 0 Å². The van der Waals surface area contributed by atoms with Gasteiger partial charge in [-0.05, 0) is 48.6 Å². The maximum absolute atomic E-state index is 11.3. The van der Waals surface area contributed by atoms with Gasteiger partial charge in [-0.3, -0.25) is 4.79 Å². The van der Waals surface area contributed by atoms with E-state index in [9.17, 15) is 4.79 Å². The number of benzene rings is 2. The van der Waals surface area contributed by atoms with Crippen molar-refractivity contribution in [1.82, 2.24) is 0 Å². The number of carbonyl (C=O) groups is 1. The lowest BCUT2D eigenvalue weighted by Gasteiger charge is -2.28. The van der Waals surface area contributed by atoms with E-state index in [0.29, 0.717) is 12.8 Å². The maximum atomic E-state index is 11.3. The molecule has 0 radical (unpaired) electrons. The summed E-state index contributed by atoms with van der Waals surface area (Å²) in [5.41, 5.74) is 5.14. The molecule has 1 atom stereocenters. The minimum Gasteiger partial charge on any atom is -0.485 e. The highest BCUT2D eigenvalue weighted by Crippen LogP contribution is 2.47. The van der Waals surface area contributed by atoms with Crippen molar-refractivity contribution < 1.29 is 14.3 Å². The van der Waals surface area contributed by atoms with Crippen LogP contribution in [0.1, 0.15) is 48.6 Å². The Hall–Kier alpha value is -2.29. The predicted octanol–water partition coefficient (Wildman–Crippen LogP) is 4.80. The van der Waals surface area contributed by atoms with Crippen LogP contribution in [0.5, 0.6) is 5.75 Å². The summed E-state index contributed by atoms with van der Waals surface area (Å²) in [5.74, 6) is 0.689. The third kappa shape index (κ3) is 3.87. The average Bonchev–Trinajstić information content (AvgIpc) is 2.84. The van der Waals surface area contributed by atoms with Crippen molar-refractivity contribution >= 4 is 5.97 Å². The van der Waals surface area contributed by atoms with Crippen LogP contribution < -0.4 is 4.74 Å². The van der Waals surface area contributed by atoms with E-state index in [1.807, 2.05) is 24.3 Å². The van der Waals surface area contributed by atoms with Gasteiger partial charge in [0.2, 0.25) is 0 Å². The summed E-state index contributed by atoms with van der Waals surface area (Å²) < 4.78 is 11.1. The van der Waals surface area contributed by atoms with Crippen LogP contribution in [0.2, 0.25) is 0 Å². The molecule has 0 aliphatic heterocycles. The molecular formula is C22H26O3. The smallest absolute Gasteiger partial charge is 0.305 e. The Kier molecular flexibility index (Phi) is 4.85. The number of rotatable bonds is 5. The van der Waals surface area contributed by atoms with Gasteiger partial charge in [0.1, 0.15) is 11.9 Å². The molecule has 0 saturated heterocycles. The Balaban J connectivity index is 1.74. The molecule has 0 aromatic heterocycles. The molecule has 3 nitrogen and oxygen atoms in total. The number of ether oxygens (including phenoxy) is 2. The first-order chi connectivity index (χ1) is 11.9. The zero-order valence-electron chi connectivity index (χ0n) is 15.5. The van der Waals surface area contributed by atoms with E-state index >= 15 is 0 Å². The molecule has 1 aliphatic rings. The summed E-state index contributed by atoms with van der Waals surface area (Å²) in [7, 11) is 1.42. The minimum absolute atomic E-state index is 0.0586. The van der Waals surface area contributed by atoms with E-state index in [0.717, 1.165) is 17.7 Å². The van der Waals surface area contributed by atoms with Crippen LogP contribution in [0.25, 0.3) is 0 Å². The quantitative estimate of drug-likeness (QED) is 0.734. The average molecular weight is 338 g/mol. The van der Waals surface area contributed by atoms with E-state index in [1.165, 1.54) is 23.8 Å². The van der Waals surface area contributed by atoms with Gasteiger partial charge in [0.05, 0.1) is 7.11 Å². The highest BCUT2D eigenvalue weighted by Gasteiger charge is 2.40. The third-order valence-corrected chi connectivity index (χ3v) is 4.96. The van der Waals surface area contributed by atoms with Crippen LogP contribution in [0, 0.1) is 12.3 Å². The molecule has 0 spiro atoms. The van der Waals surface area contributed by atoms with Crippen molar-refractivity contribution in [2.24, 2.45) is 5.41 Å². The Bertz CT molecular complexity index is 759. The Morgan fingerprint density at radius 1 is 1.16 bits per heavy atom. The first-order valence-electron chi connectivity index (χ1n) is 8.81. The summed E-state index contributed by atoms with van der Waals surface area (Å²) in [6.45, 7) is 6.65. The first kappa shape index (κ1) is 17.5. The van der Waals surface area contributed by atoms with Crippen LogP contribution in [-0.4, -0.2) is 13.1 Å². The van der Waals surface area contributed by atoms with Gasteiger partial charge in [-0.25, -0.2) is 0 Å². The highest BCUT2D eigenvalue weighted by atomic mass is 16.5. The number of aryl methyl sites for hydroxylation is 2. The lowest BCUT2D eigenvalue weighted by Crippen LogP contribution is -2.22. The topological polar surface area (TPSA) is 35.5 Å². The number of methoxy groups -OCH3 is 1. The van der Waals surface area contributed by atoms with Gasteiger partial charge in [0.25, 0.3) is 0 Å². The molecule has 0 fully saturated rings. The number of fused-ring (bicyclic) bond motifs is 1. The second kappa shape index (κ2) is 6.91. The lowest BCUT2D eigenvalue weighted by molar-refractivity contribution is -0.140. The second-order valence-corrected chi connectivity index (χ2v) is 7.59. The Morgan fingerprint density at radius 2 is 1.88 bits per heavy atom. The molecule has 3 heteroatoms. The van der Waals surface area contributed by atoms with E-state index in [1.54, 1.807) is 0 Å². The van der Waals surface area contributed by atoms with Crippen molar-refractivity contribution in [2.45, 2.75) is 46.1 Å². The number of hydrogen-bond donors (Lipinski definition) is 0. The fraction of sp³-hybridized carbons (Fsp3) is 0.409. The summed E-state index contributed by atoms with van der Waals surface area (Å²) >= 11 is 0. The van der Waals surface area contributed by atoms with Gasteiger partial charge < -0.3 is 9.47 Å². The highest BCUT2D eigenvalue weighted by molar-refractivity contribution is 5.69. The standard InChI is InChI=1S/C22H26O3/c1-15-5-9-17-14-22(2,3)21(19(17)13-15)25-18-10-6-16(7-11-18)8-12-20(23)24-4/h5-7,9-11,13,21H,8,12,14H2,1-4H3. The number of carbonyl (C=O) groups excluding carboxylic acids is 1. The molecule has 2 aromatic rings. The molecule has 2 aromatic carbocycles. The molecular weight excluding hydrogens is 312 g/mol. The van der Waals surface area contributed by atoms with Crippen LogP contribution >= 0.6 is 0 Å². The number of esters is 1. The van der Waals surface area contributed by atoms with Crippen LogP contribution in [0.15, 0.2) is 42.5 Å². The molecule has 0 amide bonds.